The van der Waals surface area contributed by atoms with Gasteiger partial charge in [0.25, 0.3) is 0 Å². The lowest BCUT2D eigenvalue weighted by Crippen LogP contribution is -2.29. The van der Waals surface area contributed by atoms with Gasteiger partial charge in [-0.3, -0.25) is 4.79 Å². The van der Waals surface area contributed by atoms with Gasteiger partial charge in [-0.25, -0.2) is 0 Å². The zero-order valence-corrected chi connectivity index (χ0v) is 89.1. The Morgan fingerprint density at radius 2 is 0.679 bits per heavy atom. The fourth-order valence-corrected chi connectivity index (χ4v) is 28.1. The van der Waals surface area contributed by atoms with Gasteiger partial charge in [-0.2, -0.15) is 0 Å². The SMILES string of the molecule is C.C=CCCCCCCCCC(O)(CC(CC)CCCC)c1ccsc1-c1cccs1.C=CCCCCCCCCC(O)(CCCCCCCC)c1ccsc1-c1cccs1.CCCCCCCCC(O)(CCCCCCCC(=O)OCC)c1ccsc1-c1cccs1.OC(c1ccccc1)(c1ccccc1)c1ccsc1-c1cccs1.OC1(c2ccsc2-c2cccs2)CCCCC1. The molecule has 4 unspecified atom stereocenters. The fraction of sp³-hybridized carbons (Fsp3) is 0.513. The molecule has 12 aromatic rings. The summed E-state index contributed by atoms with van der Waals surface area (Å²) in [6.45, 7) is 19.0. The number of aliphatic hydroxyl groups is 5. The molecule has 10 aromatic heterocycles. The van der Waals surface area contributed by atoms with Crippen molar-refractivity contribution in [3.63, 3.8) is 0 Å². The van der Waals surface area contributed by atoms with E-state index in [1.165, 1.54) is 209 Å². The number of esters is 1. The molecule has 4 atom stereocenters. The highest BCUT2D eigenvalue weighted by Crippen LogP contribution is 2.51. The first kappa shape index (κ1) is 113. The van der Waals surface area contributed by atoms with Gasteiger partial charge < -0.3 is 30.3 Å². The fourth-order valence-electron chi connectivity index (χ4n) is 18.8. The Bertz CT molecular complexity index is 4860. The molecule has 0 bridgehead atoms. The lowest BCUT2D eigenvalue weighted by Gasteiger charge is -2.33. The van der Waals surface area contributed by atoms with Crippen molar-refractivity contribution in [1.29, 1.82) is 0 Å². The van der Waals surface area contributed by atoms with E-state index < -0.39 is 28.0 Å². The lowest BCUT2D eigenvalue weighted by atomic mass is 9.78. The van der Waals surface area contributed by atoms with Gasteiger partial charge in [0.1, 0.15) is 5.60 Å². The number of hydrogen-bond donors (Lipinski definition) is 5. The average Bonchev–Trinajstić information content (AvgIpc) is 1.53. The Morgan fingerprint density at radius 3 is 1.04 bits per heavy atom. The molecular weight excluding hydrogens is 1840 g/mol. The largest absolute Gasteiger partial charge is 0.466 e. The Labute approximate surface area is 849 Å². The van der Waals surface area contributed by atoms with Gasteiger partial charge in [0, 0.05) is 58.6 Å². The smallest absolute Gasteiger partial charge is 0.305 e. The van der Waals surface area contributed by atoms with Gasteiger partial charge >= 0.3 is 5.97 Å². The van der Waals surface area contributed by atoms with Gasteiger partial charge in [0.2, 0.25) is 0 Å². The summed E-state index contributed by atoms with van der Waals surface area (Å²) in [5, 5.41) is 79.6. The summed E-state index contributed by atoms with van der Waals surface area (Å²) in [6, 6.07) is 51.7. The second-order valence-electron chi connectivity index (χ2n) is 36.5. The molecule has 732 valence electrons. The van der Waals surface area contributed by atoms with Gasteiger partial charge in [-0.05, 0) is 222 Å². The maximum absolute atomic E-state index is 12.0. The summed E-state index contributed by atoms with van der Waals surface area (Å²) in [5.41, 5.74) is 3.49. The molecule has 7 nitrogen and oxygen atoms in total. The third kappa shape index (κ3) is 36.7. The second-order valence-corrected chi connectivity index (χ2v) is 45.8. The van der Waals surface area contributed by atoms with Crippen molar-refractivity contribution in [3.05, 3.63) is 270 Å². The van der Waals surface area contributed by atoms with E-state index in [2.05, 4.69) is 174 Å². The van der Waals surface area contributed by atoms with Crippen LogP contribution in [0.3, 0.4) is 0 Å². The van der Waals surface area contributed by atoms with E-state index in [-0.39, 0.29) is 13.4 Å². The van der Waals surface area contributed by atoms with Gasteiger partial charge in [0.05, 0.1) is 53.4 Å². The zero-order valence-electron chi connectivity index (χ0n) is 80.9. The summed E-state index contributed by atoms with van der Waals surface area (Å²) < 4.78 is 5.00. The van der Waals surface area contributed by atoms with Crippen LogP contribution in [0.25, 0.3) is 48.8 Å². The third-order valence-electron chi connectivity index (χ3n) is 26.3. The molecule has 17 heteroatoms. The van der Waals surface area contributed by atoms with E-state index in [9.17, 15) is 30.3 Å². The number of hydrogen-bond acceptors (Lipinski definition) is 17. The van der Waals surface area contributed by atoms with Crippen molar-refractivity contribution in [2.75, 3.05) is 6.61 Å². The molecule has 1 fully saturated rings. The highest BCUT2D eigenvalue weighted by Gasteiger charge is 2.40. The molecule has 1 aliphatic rings. The summed E-state index contributed by atoms with van der Waals surface area (Å²) in [6.07, 6.45) is 57.6. The monoisotopic (exact) mass is 2000 g/mol. The van der Waals surface area contributed by atoms with Crippen LogP contribution >= 0.6 is 113 Å². The van der Waals surface area contributed by atoms with Crippen LogP contribution in [0, 0.1) is 5.92 Å². The van der Waals surface area contributed by atoms with E-state index in [1.54, 1.807) is 113 Å². The van der Waals surface area contributed by atoms with Crippen molar-refractivity contribution in [1.82, 2.24) is 0 Å². The Hall–Kier alpha value is -5.81. The Morgan fingerprint density at radius 1 is 0.358 bits per heavy atom. The highest BCUT2D eigenvalue weighted by molar-refractivity contribution is 7.22. The molecule has 5 N–H and O–H groups in total. The summed E-state index contributed by atoms with van der Waals surface area (Å²) in [4.78, 5) is 24.0. The molecule has 0 radical (unpaired) electrons. The van der Waals surface area contributed by atoms with Crippen molar-refractivity contribution in [2.24, 2.45) is 5.92 Å². The second kappa shape index (κ2) is 64.5. The molecular formula is C117H162O7S10. The molecule has 134 heavy (non-hydrogen) atoms. The quantitative estimate of drug-likeness (QED) is 0.0146. The first-order valence-corrected chi connectivity index (χ1v) is 59.5. The van der Waals surface area contributed by atoms with Crippen LogP contribution in [-0.4, -0.2) is 38.1 Å². The number of benzene rings is 2. The normalized spacial score (nSPS) is 13.9. The van der Waals surface area contributed by atoms with Crippen LogP contribution in [-0.2, 0) is 37.5 Å². The molecule has 0 spiro atoms. The molecule has 10 heterocycles. The number of rotatable bonds is 59. The van der Waals surface area contributed by atoms with E-state index in [0.29, 0.717) is 18.9 Å². The minimum Gasteiger partial charge on any atom is -0.466 e. The van der Waals surface area contributed by atoms with Crippen LogP contribution in [0.1, 0.15) is 383 Å². The lowest BCUT2D eigenvalue weighted by molar-refractivity contribution is -0.143. The van der Waals surface area contributed by atoms with Crippen LogP contribution in [0.2, 0.25) is 0 Å². The number of allylic oxidation sites excluding steroid dienone is 2. The van der Waals surface area contributed by atoms with E-state index in [0.717, 1.165) is 174 Å². The van der Waals surface area contributed by atoms with Crippen LogP contribution in [0.5, 0.6) is 0 Å². The topological polar surface area (TPSA) is 127 Å². The number of carbonyl (C=O) groups is 1. The highest BCUT2D eigenvalue weighted by atomic mass is 32.1. The van der Waals surface area contributed by atoms with Gasteiger partial charge in [0.15, 0.2) is 0 Å². The molecule has 0 amide bonds. The Kier molecular flexibility index (Phi) is 54.6. The standard InChI is InChI=1S/C27H42O3S2.2C27H42OS2.C21H16OS2.C14H16OS2.CH4/c1-3-5-6-7-10-13-19-27(29,20-14-11-8-9-12-17-25(28)30-4-2)23-18-22-32-26(23)24-16-15-21-31-24;1-4-7-9-10-11-12-13-14-19-27(28,22-23(6-3)16-8-5-2)24-18-21-30-26(24)25-17-15-20-29-25;1-3-5-7-9-11-12-14-16-21-27(28,20-15-13-10-8-6-4-2)24-19-23-30-26(24)25-18-17-22-29-25;22-21(16-8-3-1-4-9-16,17-10-5-2-6-11-17)18-13-15-24-20(18)19-12-7-14-23-19;15-14(7-2-1-3-8-14)11-6-10-17-13(11)12-5-4-9-16-12;/h15-16,18,21-22,29H,3-14,17,19-20H2,1-2H3;4,15,17-18,20-21,23,28H,1,5-14,16,19,22H2,2-3H3;3,17-19,22-23,28H,1,4-16,20-21H2,2H3;1-15,22H;4-6,9-10,15H,1-3,7-8H2;1H4. The van der Waals surface area contributed by atoms with Crippen LogP contribution < -0.4 is 0 Å². The van der Waals surface area contributed by atoms with Crippen molar-refractivity contribution < 1.29 is 35.1 Å². The van der Waals surface area contributed by atoms with E-state index >= 15 is 0 Å². The number of carbonyl (C=O) groups excluding carboxylic acids is 1. The summed E-state index contributed by atoms with van der Waals surface area (Å²) >= 11 is 17.5. The summed E-state index contributed by atoms with van der Waals surface area (Å²) in [5.74, 6) is 0.518. The predicted octanol–water partition coefficient (Wildman–Crippen LogP) is 39.0. The minimum absolute atomic E-state index is 0. The molecule has 13 rings (SSSR count). The third-order valence-corrected chi connectivity index (χ3v) is 36.2. The summed E-state index contributed by atoms with van der Waals surface area (Å²) in [7, 11) is 0. The van der Waals surface area contributed by atoms with Gasteiger partial charge in [-0.15, -0.1) is 127 Å². The average molecular weight is 2000 g/mol. The van der Waals surface area contributed by atoms with Crippen LogP contribution in [0.15, 0.2) is 231 Å². The number of thiophene rings is 10. The van der Waals surface area contributed by atoms with Crippen molar-refractivity contribution >= 4 is 119 Å². The van der Waals surface area contributed by atoms with Crippen molar-refractivity contribution in [3.8, 4) is 48.8 Å². The molecule has 0 aliphatic heterocycles. The maximum atomic E-state index is 12.0. The minimum atomic E-state index is -1.16. The zero-order chi connectivity index (χ0) is 94.4. The maximum Gasteiger partial charge on any atom is 0.305 e. The van der Waals surface area contributed by atoms with E-state index in [1.807, 2.05) is 91.9 Å². The number of ether oxygens (including phenoxy) is 1. The molecule has 1 aliphatic carbocycles. The molecule has 1 saturated carbocycles. The van der Waals surface area contributed by atoms with Crippen molar-refractivity contribution in [2.45, 2.75) is 372 Å². The first-order valence-electron chi connectivity index (χ1n) is 50.7. The van der Waals surface area contributed by atoms with Gasteiger partial charge in [-0.1, -0.05) is 350 Å². The molecule has 2 aromatic carbocycles. The Balaban J connectivity index is 0.000000208. The molecule has 0 saturated heterocycles. The number of unbranched alkanes of at least 4 members (excludes halogenated alkanes) is 27. The first-order chi connectivity index (χ1) is 65.0. The predicted molar refractivity (Wildman–Crippen MR) is 596 cm³/mol. The van der Waals surface area contributed by atoms with Crippen LogP contribution in [0.4, 0.5) is 0 Å². The van der Waals surface area contributed by atoms with E-state index in [4.69, 9.17) is 4.74 Å².